The number of hydrogen-bond acceptors (Lipinski definition) is 5. The number of aliphatic hydroxyl groups is 1. The van der Waals surface area contributed by atoms with Gasteiger partial charge in [0.1, 0.15) is 13.2 Å². The zero-order chi connectivity index (χ0) is 43.6. The molecule has 3 atom stereocenters. The predicted octanol–water partition coefficient (Wildman–Crippen LogP) is 14.9. The van der Waals surface area contributed by atoms with Gasteiger partial charge in [-0.3, -0.25) is 13.8 Å². The third-order valence-corrected chi connectivity index (χ3v) is 13.1. The van der Waals surface area contributed by atoms with Gasteiger partial charge in [-0.1, -0.05) is 245 Å². The number of likely N-dealkylation sites (N-methyl/N-ethyl adjacent to an activating group) is 1. The highest BCUT2D eigenvalue weighted by Gasteiger charge is 2.28. The fourth-order valence-corrected chi connectivity index (χ4v) is 8.73. The van der Waals surface area contributed by atoms with E-state index in [1.165, 1.54) is 199 Å². The number of aliphatic hydroxyl groups excluding tert-OH is 1. The van der Waals surface area contributed by atoms with E-state index >= 15 is 0 Å². The van der Waals surface area contributed by atoms with Crippen LogP contribution in [0.5, 0.6) is 0 Å². The maximum atomic E-state index is 12.9. The van der Waals surface area contributed by atoms with Crippen LogP contribution < -0.4 is 5.32 Å². The molecule has 0 radical (unpaired) electrons. The highest BCUT2D eigenvalue weighted by molar-refractivity contribution is 7.47. The molecule has 0 rings (SSSR count). The number of nitrogens with one attached hydrogen (secondary N) is 1. The Morgan fingerprint density at radius 2 is 0.814 bits per heavy atom. The average Bonchev–Trinajstić information content (AvgIpc) is 3.19. The Kier molecular flexibility index (Phi) is 42.4. The van der Waals surface area contributed by atoms with Crippen molar-refractivity contribution in [1.29, 1.82) is 0 Å². The lowest BCUT2D eigenvalue weighted by molar-refractivity contribution is -0.870. The minimum Gasteiger partial charge on any atom is -0.391 e. The van der Waals surface area contributed by atoms with Crippen LogP contribution in [-0.4, -0.2) is 73.4 Å². The molecule has 0 aromatic heterocycles. The molecule has 0 bridgehead atoms. The summed E-state index contributed by atoms with van der Waals surface area (Å²) in [5, 5.41) is 14.0. The smallest absolute Gasteiger partial charge is 0.391 e. The minimum atomic E-state index is -4.31. The summed E-state index contributed by atoms with van der Waals surface area (Å²) in [5.41, 5.74) is 0. The maximum absolute atomic E-state index is 12.9. The lowest BCUT2D eigenvalue weighted by atomic mass is 10.0. The van der Waals surface area contributed by atoms with Crippen LogP contribution in [0.25, 0.3) is 0 Å². The third-order valence-electron chi connectivity index (χ3n) is 12.1. The number of amides is 1. The number of hydrogen-bond donors (Lipinski definition) is 3. The molecule has 0 spiro atoms. The first-order valence-corrected chi connectivity index (χ1v) is 27.4. The quantitative estimate of drug-likeness (QED) is 0.0320. The standard InChI is InChI=1S/C50H103N2O6P/c1-6-8-10-12-14-16-18-19-20-21-22-23-24-25-26-27-28-29-30-31-32-34-36-38-40-42-44-50(54)51-48(47-58-59(55,56)57-46-45-52(3,4)5)49(53)43-41-39-37-35-33-17-15-13-11-9-7-2/h48-49,53H,6-47H2,1-5H3,(H-,51,54,55,56)/p+1/t48-,49+/m0/s1. The van der Waals surface area contributed by atoms with Crippen LogP contribution in [0.3, 0.4) is 0 Å². The molecule has 0 aliphatic heterocycles. The van der Waals surface area contributed by atoms with Gasteiger partial charge in [-0.25, -0.2) is 4.57 Å². The normalized spacial score (nSPS) is 14.1. The second-order valence-corrected chi connectivity index (χ2v) is 20.7. The Hall–Kier alpha value is -0.500. The first-order valence-electron chi connectivity index (χ1n) is 25.9. The van der Waals surface area contributed by atoms with Gasteiger partial charge in [0.15, 0.2) is 0 Å². The van der Waals surface area contributed by atoms with E-state index in [0.717, 1.165) is 38.5 Å². The monoisotopic (exact) mass is 860 g/mol. The molecule has 0 saturated heterocycles. The van der Waals surface area contributed by atoms with Crippen molar-refractivity contribution >= 4 is 13.7 Å². The molecule has 9 heteroatoms. The number of nitrogens with zero attached hydrogens (tertiary/aromatic N) is 1. The van der Waals surface area contributed by atoms with Crippen molar-refractivity contribution in [3.8, 4) is 0 Å². The second kappa shape index (κ2) is 42.8. The Bertz CT molecular complexity index is 932. The number of quaternary nitrogens is 1. The fraction of sp³-hybridized carbons (Fsp3) is 0.980. The van der Waals surface area contributed by atoms with E-state index in [1.807, 2.05) is 21.1 Å². The topological polar surface area (TPSA) is 105 Å². The van der Waals surface area contributed by atoms with E-state index < -0.39 is 20.0 Å². The number of phosphoric ester groups is 1. The van der Waals surface area contributed by atoms with Crippen molar-refractivity contribution < 1.29 is 32.9 Å². The highest BCUT2D eigenvalue weighted by atomic mass is 31.2. The van der Waals surface area contributed by atoms with Crippen LogP contribution in [0.2, 0.25) is 0 Å². The van der Waals surface area contributed by atoms with Gasteiger partial charge in [0, 0.05) is 6.42 Å². The maximum Gasteiger partial charge on any atom is 0.472 e. The molecule has 0 heterocycles. The molecule has 0 aliphatic carbocycles. The lowest BCUT2D eigenvalue weighted by Crippen LogP contribution is -2.46. The summed E-state index contributed by atoms with van der Waals surface area (Å²) in [6, 6.07) is -0.753. The Morgan fingerprint density at radius 3 is 1.14 bits per heavy atom. The molecule has 0 aromatic rings. The Morgan fingerprint density at radius 1 is 0.508 bits per heavy atom. The van der Waals surface area contributed by atoms with Crippen molar-refractivity contribution in [1.82, 2.24) is 5.32 Å². The van der Waals surface area contributed by atoms with Crippen LogP contribution in [-0.2, 0) is 18.4 Å². The molecule has 59 heavy (non-hydrogen) atoms. The highest BCUT2D eigenvalue weighted by Crippen LogP contribution is 2.43. The summed E-state index contributed by atoms with van der Waals surface area (Å²) < 4.78 is 23.7. The summed E-state index contributed by atoms with van der Waals surface area (Å²) in [4.78, 5) is 23.2. The largest absolute Gasteiger partial charge is 0.472 e. The van der Waals surface area contributed by atoms with Crippen molar-refractivity contribution in [2.75, 3.05) is 40.9 Å². The number of carbonyl (C=O) groups excluding carboxylic acids is 1. The molecule has 0 fully saturated rings. The molecule has 0 aliphatic rings. The van der Waals surface area contributed by atoms with Crippen LogP contribution in [0.15, 0.2) is 0 Å². The van der Waals surface area contributed by atoms with Crippen molar-refractivity contribution in [2.45, 2.75) is 276 Å². The molecular weight excluding hydrogens is 756 g/mol. The van der Waals surface area contributed by atoms with Gasteiger partial charge in [-0.2, -0.15) is 0 Å². The second-order valence-electron chi connectivity index (χ2n) is 19.3. The SMILES string of the molecule is CCCCCCCCCCCCCCCCCCCCCCCCCCCCC(=O)N[C@@H](COP(=O)(O)OCC[N+](C)(C)C)[C@H](O)CCCCCCCCCCCCC. The predicted molar refractivity (Wildman–Crippen MR) is 254 cm³/mol. The van der Waals surface area contributed by atoms with Crippen LogP contribution >= 0.6 is 7.82 Å². The summed E-state index contributed by atoms with van der Waals surface area (Å²) >= 11 is 0. The molecule has 8 nitrogen and oxygen atoms in total. The number of phosphoric acid groups is 1. The molecule has 354 valence electrons. The summed E-state index contributed by atoms with van der Waals surface area (Å²) in [6.07, 6.45) is 48.7. The molecule has 1 unspecified atom stereocenters. The molecule has 1 amide bonds. The Balaban J connectivity index is 4.04. The van der Waals surface area contributed by atoms with Gasteiger partial charge < -0.3 is 19.8 Å². The lowest BCUT2D eigenvalue weighted by Gasteiger charge is -2.26. The van der Waals surface area contributed by atoms with Crippen molar-refractivity contribution in [3.63, 3.8) is 0 Å². The molecule has 0 aromatic carbocycles. The fourth-order valence-electron chi connectivity index (χ4n) is 7.99. The zero-order valence-electron chi connectivity index (χ0n) is 40.3. The Labute approximate surface area is 368 Å². The van der Waals surface area contributed by atoms with Gasteiger partial charge in [0.25, 0.3) is 0 Å². The van der Waals surface area contributed by atoms with E-state index in [9.17, 15) is 19.4 Å². The van der Waals surface area contributed by atoms with E-state index in [2.05, 4.69) is 19.2 Å². The van der Waals surface area contributed by atoms with Gasteiger partial charge >= 0.3 is 7.82 Å². The third kappa shape index (κ3) is 45.3. The van der Waals surface area contributed by atoms with E-state index in [4.69, 9.17) is 9.05 Å². The first kappa shape index (κ1) is 58.5. The minimum absolute atomic E-state index is 0.0786. The number of unbranched alkanes of at least 4 members (excludes halogenated alkanes) is 35. The molecule has 3 N–H and O–H groups in total. The van der Waals surface area contributed by atoms with Gasteiger partial charge in [0.2, 0.25) is 5.91 Å². The van der Waals surface area contributed by atoms with Gasteiger partial charge in [-0.15, -0.1) is 0 Å². The van der Waals surface area contributed by atoms with E-state index in [1.54, 1.807) is 0 Å². The van der Waals surface area contributed by atoms with Gasteiger partial charge in [0.05, 0.1) is 39.9 Å². The van der Waals surface area contributed by atoms with Gasteiger partial charge in [-0.05, 0) is 12.8 Å². The van der Waals surface area contributed by atoms with Crippen molar-refractivity contribution in [2.24, 2.45) is 0 Å². The summed E-state index contributed by atoms with van der Waals surface area (Å²) in [5.74, 6) is -0.139. The molecular formula is C50H104N2O6P+. The average molecular weight is 860 g/mol. The van der Waals surface area contributed by atoms with E-state index in [0.29, 0.717) is 23.9 Å². The van der Waals surface area contributed by atoms with Crippen LogP contribution in [0, 0.1) is 0 Å². The summed E-state index contributed by atoms with van der Waals surface area (Å²) in [7, 11) is 1.63. The summed E-state index contributed by atoms with van der Waals surface area (Å²) in [6.45, 7) is 4.91. The first-order chi connectivity index (χ1) is 28.5. The number of carbonyl (C=O) groups is 1. The van der Waals surface area contributed by atoms with Crippen LogP contribution in [0.4, 0.5) is 0 Å². The van der Waals surface area contributed by atoms with Crippen molar-refractivity contribution in [3.05, 3.63) is 0 Å². The zero-order valence-corrected chi connectivity index (χ0v) is 41.2. The number of rotatable bonds is 48. The molecule has 0 saturated carbocycles. The van der Waals surface area contributed by atoms with E-state index in [-0.39, 0.29) is 19.1 Å². The van der Waals surface area contributed by atoms with Crippen LogP contribution in [0.1, 0.15) is 264 Å².